The molecule has 1 N–H and O–H groups in total. The SMILES string of the molecule is CCCNC(Cc1ccccc1F)C1CCCCS1(=O)=O. The second kappa shape index (κ2) is 7.36. The van der Waals surface area contributed by atoms with E-state index in [-0.39, 0.29) is 17.6 Å². The fourth-order valence-corrected chi connectivity index (χ4v) is 5.12. The van der Waals surface area contributed by atoms with Gasteiger partial charge in [-0.15, -0.1) is 0 Å². The first-order chi connectivity index (χ1) is 10.0. The van der Waals surface area contributed by atoms with E-state index in [1.54, 1.807) is 18.2 Å². The fourth-order valence-electron chi connectivity index (χ4n) is 3.00. The van der Waals surface area contributed by atoms with Crippen molar-refractivity contribution in [2.24, 2.45) is 0 Å². The highest BCUT2D eigenvalue weighted by Crippen LogP contribution is 2.25. The second-order valence-corrected chi connectivity index (χ2v) is 8.10. The van der Waals surface area contributed by atoms with E-state index in [0.29, 0.717) is 18.4 Å². The lowest BCUT2D eigenvalue weighted by Crippen LogP contribution is -2.48. The molecule has 118 valence electrons. The van der Waals surface area contributed by atoms with Crippen molar-refractivity contribution in [2.75, 3.05) is 12.3 Å². The van der Waals surface area contributed by atoms with Crippen LogP contribution in [0.4, 0.5) is 4.39 Å². The number of rotatable bonds is 6. The molecule has 0 saturated carbocycles. The van der Waals surface area contributed by atoms with E-state index in [1.165, 1.54) is 6.07 Å². The predicted octanol–water partition coefficient (Wildman–Crippen LogP) is 2.70. The molecule has 3 nitrogen and oxygen atoms in total. The first-order valence-electron chi connectivity index (χ1n) is 7.73. The summed E-state index contributed by atoms with van der Waals surface area (Å²) in [7, 11) is -3.07. The van der Waals surface area contributed by atoms with Crippen LogP contribution in [0.15, 0.2) is 24.3 Å². The monoisotopic (exact) mass is 313 g/mol. The van der Waals surface area contributed by atoms with Crippen LogP contribution in [0.2, 0.25) is 0 Å². The van der Waals surface area contributed by atoms with Crippen molar-refractivity contribution in [3.8, 4) is 0 Å². The van der Waals surface area contributed by atoms with Crippen LogP contribution < -0.4 is 5.32 Å². The Balaban J connectivity index is 2.19. The van der Waals surface area contributed by atoms with Gasteiger partial charge in [-0.1, -0.05) is 31.5 Å². The third kappa shape index (κ3) is 4.27. The molecular formula is C16H24FNO2S. The third-order valence-corrected chi connectivity index (χ3v) is 6.48. The molecule has 2 atom stereocenters. The standard InChI is InChI=1S/C16H24FNO2S/c1-2-10-18-15(12-13-7-3-4-8-14(13)17)16-9-5-6-11-21(16,19)20/h3-4,7-8,15-16,18H,2,5-6,9-12H2,1H3. The highest BCUT2D eigenvalue weighted by molar-refractivity contribution is 7.92. The van der Waals surface area contributed by atoms with Crippen LogP contribution in [0.1, 0.15) is 38.2 Å². The van der Waals surface area contributed by atoms with Gasteiger partial charge in [0.2, 0.25) is 0 Å². The molecule has 1 heterocycles. The van der Waals surface area contributed by atoms with Gasteiger partial charge in [0.05, 0.1) is 11.0 Å². The molecule has 2 rings (SSSR count). The molecule has 0 spiro atoms. The van der Waals surface area contributed by atoms with E-state index < -0.39 is 15.1 Å². The molecule has 2 unspecified atom stereocenters. The maximum absolute atomic E-state index is 13.9. The lowest BCUT2D eigenvalue weighted by atomic mass is 9.99. The van der Waals surface area contributed by atoms with Crippen LogP contribution in [0.5, 0.6) is 0 Å². The Morgan fingerprint density at radius 3 is 2.76 bits per heavy atom. The number of hydrogen-bond donors (Lipinski definition) is 1. The summed E-state index contributed by atoms with van der Waals surface area (Å²) in [5.41, 5.74) is 0.590. The zero-order valence-electron chi connectivity index (χ0n) is 12.5. The summed E-state index contributed by atoms with van der Waals surface area (Å²) >= 11 is 0. The van der Waals surface area contributed by atoms with E-state index in [2.05, 4.69) is 5.32 Å². The van der Waals surface area contributed by atoms with E-state index in [9.17, 15) is 12.8 Å². The van der Waals surface area contributed by atoms with Gasteiger partial charge in [-0.3, -0.25) is 0 Å². The number of halogens is 1. The number of sulfone groups is 1. The average molecular weight is 313 g/mol. The summed E-state index contributed by atoms with van der Waals surface area (Å²) in [6, 6.07) is 6.43. The van der Waals surface area contributed by atoms with Gasteiger partial charge in [0, 0.05) is 6.04 Å². The van der Waals surface area contributed by atoms with Crippen LogP contribution in [0, 0.1) is 5.82 Å². The van der Waals surface area contributed by atoms with Gasteiger partial charge in [0.1, 0.15) is 5.82 Å². The van der Waals surface area contributed by atoms with Crippen LogP contribution in [0.25, 0.3) is 0 Å². The van der Waals surface area contributed by atoms with E-state index in [4.69, 9.17) is 0 Å². The summed E-state index contributed by atoms with van der Waals surface area (Å²) in [5, 5.41) is 2.93. The lowest BCUT2D eigenvalue weighted by Gasteiger charge is -2.31. The van der Waals surface area contributed by atoms with Gasteiger partial charge in [0.15, 0.2) is 9.84 Å². The zero-order chi connectivity index (χ0) is 15.3. The van der Waals surface area contributed by atoms with Crippen molar-refractivity contribution in [1.82, 2.24) is 5.32 Å². The highest BCUT2D eigenvalue weighted by atomic mass is 32.2. The molecule has 0 aliphatic carbocycles. The number of hydrogen-bond acceptors (Lipinski definition) is 3. The van der Waals surface area contributed by atoms with Crippen molar-refractivity contribution < 1.29 is 12.8 Å². The highest BCUT2D eigenvalue weighted by Gasteiger charge is 2.35. The topological polar surface area (TPSA) is 46.2 Å². The third-order valence-electron chi connectivity index (χ3n) is 4.13. The van der Waals surface area contributed by atoms with Gasteiger partial charge < -0.3 is 5.32 Å². The molecule has 0 amide bonds. The minimum atomic E-state index is -3.07. The molecule has 1 aliphatic rings. The van der Waals surface area contributed by atoms with Gasteiger partial charge in [0.25, 0.3) is 0 Å². The Bertz CT molecular complexity index is 559. The van der Waals surface area contributed by atoms with Crippen LogP contribution in [-0.2, 0) is 16.3 Å². The molecule has 1 aromatic carbocycles. The van der Waals surface area contributed by atoms with Crippen LogP contribution >= 0.6 is 0 Å². The Hall–Kier alpha value is -0.940. The van der Waals surface area contributed by atoms with Crippen molar-refractivity contribution in [3.05, 3.63) is 35.6 Å². The summed E-state index contributed by atoms with van der Waals surface area (Å²) in [5.74, 6) is 0.00759. The second-order valence-electron chi connectivity index (χ2n) is 5.76. The van der Waals surface area contributed by atoms with E-state index in [0.717, 1.165) is 25.8 Å². The Morgan fingerprint density at radius 2 is 2.10 bits per heavy atom. The molecule has 1 fully saturated rings. The zero-order valence-corrected chi connectivity index (χ0v) is 13.3. The first-order valence-corrected chi connectivity index (χ1v) is 9.44. The van der Waals surface area contributed by atoms with Crippen molar-refractivity contribution in [1.29, 1.82) is 0 Å². The number of benzene rings is 1. The summed E-state index contributed by atoms with van der Waals surface area (Å²) in [6.45, 7) is 2.80. The van der Waals surface area contributed by atoms with Crippen molar-refractivity contribution >= 4 is 9.84 Å². The summed E-state index contributed by atoms with van der Waals surface area (Å²) in [4.78, 5) is 0. The van der Waals surface area contributed by atoms with Crippen LogP contribution in [0.3, 0.4) is 0 Å². The molecule has 21 heavy (non-hydrogen) atoms. The molecule has 5 heteroatoms. The van der Waals surface area contributed by atoms with Crippen LogP contribution in [-0.4, -0.2) is 32.0 Å². The molecular weight excluding hydrogens is 289 g/mol. The Morgan fingerprint density at radius 1 is 1.33 bits per heavy atom. The molecule has 0 bridgehead atoms. The lowest BCUT2D eigenvalue weighted by molar-refractivity contribution is 0.428. The quantitative estimate of drug-likeness (QED) is 0.878. The van der Waals surface area contributed by atoms with E-state index >= 15 is 0 Å². The Labute approximate surface area is 126 Å². The van der Waals surface area contributed by atoms with Gasteiger partial charge in [-0.2, -0.15) is 0 Å². The molecule has 1 saturated heterocycles. The average Bonchev–Trinajstić information content (AvgIpc) is 2.45. The Kier molecular flexibility index (Phi) is 5.76. The maximum atomic E-state index is 13.9. The molecule has 0 aromatic heterocycles. The first kappa shape index (κ1) is 16.4. The molecule has 1 aliphatic heterocycles. The largest absolute Gasteiger partial charge is 0.312 e. The van der Waals surface area contributed by atoms with Crippen molar-refractivity contribution in [2.45, 2.75) is 50.3 Å². The smallest absolute Gasteiger partial charge is 0.154 e. The molecule has 1 aromatic rings. The van der Waals surface area contributed by atoms with Crippen molar-refractivity contribution in [3.63, 3.8) is 0 Å². The van der Waals surface area contributed by atoms with Gasteiger partial charge in [-0.05, 0) is 43.9 Å². The fraction of sp³-hybridized carbons (Fsp3) is 0.625. The van der Waals surface area contributed by atoms with E-state index in [1.807, 2.05) is 6.92 Å². The predicted molar refractivity (Wildman–Crippen MR) is 83.6 cm³/mol. The number of nitrogens with one attached hydrogen (secondary N) is 1. The molecule has 0 radical (unpaired) electrons. The maximum Gasteiger partial charge on any atom is 0.154 e. The summed E-state index contributed by atoms with van der Waals surface area (Å²) in [6.07, 6.45) is 3.72. The normalized spacial score (nSPS) is 22.9. The minimum absolute atomic E-state index is 0.202. The summed E-state index contributed by atoms with van der Waals surface area (Å²) < 4.78 is 38.5. The van der Waals surface area contributed by atoms with Gasteiger partial charge in [-0.25, -0.2) is 12.8 Å². The minimum Gasteiger partial charge on any atom is -0.312 e. The van der Waals surface area contributed by atoms with Gasteiger partial charge >= 0.3 is 0 Å².